The van der Waals surface area contributed by atoms with Crippen molar-refractivity contribution in [3.05, 3.63) is 59.9 Å². The molecule has 4 rings (SSSR count). The van der Waals surface area contributed by atoms with E-state index in [9.17, 15) is 14.0 Å². The van der Waals surface area contributed by atoms with E-state index < -0.39 is 5.41 Å². The molecule has 1 saturated carbocycles. The molecule has 2 aromatic rings. The fourth-order valence-electron chi connectivity index (χ4n) is 5.32. The maximum absolute atomic E-state index is 14.5. The Bertz CT molecular complexity index is 954. The van der Waals surface area contributed by atoms with Crippen LogP contribution in [0.5, 0.6) is 0 Å². The lowest BCUT2D eigenvalue weighted by Gasteiger charge is -2.30. The van der Waals surface area contributed by atoms with Crippen LogP contribution in [0.2, 0.25) is 0 Å². The van der Waals surface area contributed by atoms with Gasteiger partial charge in [0, 0.05) is 31.6 Å². The zero-order valence-electron chi connectivity index (χ0n) is 18.2. The molecule has 0 radical (unpaired) electrons. The Balaban J connectivity index is 1.61. The van der Waals surface area contributed by atoms with Crippen LogP contribution in [-0.2, 0) is 16.0 Å². The van der Waals surface area contributed by atoms with Crippen molar-refractivity contribution in [1.29, 1.82) is 0 Å². The SMILES string of the molecule is CNC(=O)[C@@]1(Cc2ccccc2-c2ccccc2F)CCN(C(=O)C2CCCCC2)C1. The lowest BCUT2D eigenvalue weighted by molar-refractivity contribution is -0.137. The molecule has 1 atom stereocenters. The summed E-state index contributed by atoms with van der Waals surface area (Å²) in [5, 5.41) is 2.83. The van der Waals surface area contributed by atoms with Gasteiger partial charge in [-0.25, -0.2) is 4.39 Å². The summed E-state index contributed by atoms with van der Waals surface area (Å²) in [6.07, 6.45) is 6.44. The highest BCUT2D eigenvalue weighted by Crippen LogP contribution is 2.39. The topological polar surface area (TPSA) is 49.4 Å². The van der Waals surface area contributed by atoms with Gasteiger partial charge in [-0.1, -0.05) is 61.7 Å². The van der Waals surface area contributed by atoms with Crippen molar-refractivity contribution in [3.8, 4) is 11.1 Å². The third-order valence-corrected chi connectivity index (χ3v) is 7.04. The lowest BCUT2D eigenvalue weighted by Crippen LogP contribution is -2.45. The highest BCUT2D eigenvalue weighted by atomic mass is 19.1. The van der Waals surface area contributed by atoms with Gasteiger partial charge in [0.1, 0.15) is 5.82 Å². The van der Waals surface area contributed by atoms with Gasteiger partial charge in [-0.2, -0.15) is 0 Å². The molecule has 4 nitrogen and oxygen atoms in total. The second-order valence-corrected chi connectivity index (χ2v) is 9.02. The first-order chi connectivity index (χ1) is 15.0. The summed E-state index contributed by atoms with van der Waals surface area (Å²) in [5.41, 5.74) is 1.59. The molecule has 2 fully saturated rings. The first-order valence-electron chi connectivity index (χ1n) is 11.4. The molecular weight excluding hydrogens is 391 g/mol. The number of nitrogens with one attached hydrogen (secondary N) is 1. The number of rotatable bonds is 5. The van der Waals surface area contributed by atoms with E-state index in [-0.39, 0.29) is 23.5 Å². The van der Waals surface area contributed by atoms with Gasteiger partial charge in [-0.3, -0.25) is 9.59 Å². The van der Waals surface area contributed by atoms with Crippen molar-refractivity contribution >= 4 is 11.8 Å². The molecule has 1 aliphatic carbocycles. The van der Waals surface area contributed by atoms with Gasteiger partial charge < -0.3 is 10.2 Å². The van der Waals surface area contributed by atoms with Crippen LogP contribution in [0.1, 0.15) is 44.1 Å². The Hall–Kier alpha value is -2.69. The average molecular weight is 423 g/mol. The predicted octanol–water partition coefficient (Wildman–Crippen LogP) is 4.58. The summed E-state index contributed by atoms with van der Waals surface area (Å²) in [7, 11) is 1.65. The second-order valence-electron chi connectivity index (χ2n) is 9.02. The molecule has 1 aliphatic heterocycles. The van der Waals surface area contributed by atoms with Gasteiger partial charge in [0.2, 0.25) is 11.8 Å². The van der Waals surface area contributed by atoms with Gasteiger partial charge in [-0.15, -0.1) is 0 Å². The number of carbonyl (C=O) groups is 2. The molecule has 2 amide bonds. The third kappa shape index (κ3) is 4.36. The van der Waals surface area contributed by atoms with Crippen LogP contribution in [0, 0.1) is 17.2 Å². The molecule has 1 saturated heterocycles. The van der Waals surface area contributed by atoms with E-state index in [0.29, 0.717) is 31.5 Å². The smallest absolute Gasteiger partial charge is 0.228 e. The average Bonchev–Trinajstić information content (AvgIpc) is 3.24. The summed E-state index contributed by atoms with van der Waals surface area (Å²) in [5.74, 6) is -0.0212. The fraction of sp³-hybridized carbons (Fsp3) is 0.462. The largest absolute Gasteiger partial charge is 0.359 e. The summed E-state index contributed by atoms with van der Waals surface area (Å²) >= 11 is 0. The number of carbonyl (C=O) groups excluding carboxylic acids is 2. The monoisotopic (exact) mass is 422 g/mol. The van der Waals surface area contributed by atoms with Crippen molar-refractivity contribution in [2.24, 2.45) is 11.3 Å². The molecule has 164 valence electrons. The molecule has 0 bridgehead atoms. The van der Waals surface area contributed by atoms with Crippen LogP contribution in [0.25, 0.3) is 11.1 Å². The molecule has 0 unspecified atom stereocenters. The van der Waals surface area contributed by atoms with Crippen molar-refractivity contribution in [1.82, 2.24) is 10.2 Å². The van der Waals surface area contributed by atoms with E-state index in [1.807, 2.05) is 35.2 Å². The van der Waals surface area contributed by atoms with Gasteiger partial charge in [0.25, 0.3) is 0 Å². The number of nitrogens with zero attached hydrogens (tertiary/aromatic N) is 1. The van der Waals surface area contributed by atoms with E-state index in [1.54, 1.807) is 19.2 Å². The fourth-order valence-corrected chi connectivity index (χ4v) is 5.32. The number of hydrogen-bond acceptors (Lipinski definition) is 2. The highest BCUT2D eigenvalue weighted by molar-refractivity contribution is 5.86. The Labute approximate surface area is 183 Å². The Morgan fingerprint density at radius 3 is 2.42 bits per heavy atom. The summed E-state index contributed by atoms with van der Waals surface area (Å²) in [4.78, 5) is 28.1. The van der Waals surface area contributed by atoms with Crippen molar-refractivity contribution in [2.75, 3.05) is 20.1 Å². The summed E-state index contributed by atoms with van der Waals surface area (Å²) in [6, 6.07) is 14.4. The predicted molar refractivity (Wildman–Crippen MR) is 120 cm³/mol. The van der Waals surface area contributed by atoms with Gasteiger partial charge in [0.05, 0.1) is 5.41 Å². The van der Waals surface area contributed by atoms with Crippen molar-refractivity contribution < 1.29 is 14.0 Å². The summed E-state index contributed by atoms with van der Waals surface area (Å²) in [6.45, 7) is 1.03. The summed E-state index contributed by atoms with van der Waals surface area (Å²) < 4.78 is 14.5. The maximum Gasteiger partial charge on any atom is 0.228 e. The molecule has 5 heteroatoms. The standard InChI is InChI=1S/C26H31FN2O2/c1-28-25(31)26(15-16-29(18-26)24(30)19-9-3-2-4-10-19)17-20-11-5-6-12-21(20)22-13-7-8-14-23(22)27/h5-8,11-14,19H,2-4,9-10,15-18H2,1H3,(H,28,31)/t26-/m1/s1. The van der Waals surface area contributed by atoms with Crippen LogP contribution in [0.3, 0.4) is 0 Å². The Morgan fingerprint density at radius 1 is 1.03 bits per heavy atom. The maximum atomic E-state index is 14.5. The number of benzene rings is 2. The molecule has 1 N–H and O–H groups in total. The van der Waals surface area contributed by atoms with Crippen LogP contribution in [-0.4, -0.2) is 36.9 Å². The Kier molecular flexibility index (Phi) is 6.40. The number of halogens is 1. The van der Waals surface area contributed by atoms with Crippen molar-refractivity contribution in [3.63, 3.8) is 0 Å². The molecule has 1 heterocycles. The molecule has 0 spiro atoms. The van der Waals surface area contributed by atoms with Crippen molar-refractivity contribution in [2.45, 2.75) is 44.9 Å². The molecule has 0 aromatic heterocycles. The lowest BCUT2D eigenvalue weighted by atomic mass is 9.78. The first kappa shape index (κ1) is 21.5. The van der Waals surface area contributed by atoms with Crippen LogP contribution >= 0.6 is 0 Å². The van der Waals surface area contributed by atoms with E-state index in [0.717, 1.165) is 36.8 Å². The van der Waals surface area contributed by atoms with Crippen LogP contribution in [0.15, 0.2) is 48.5 Å². The van der Waals surface area contributed by atoms with Gasteiger partial charge in [0.15, 0.2) is 0 Å². The van der Waals surface area contributed by atoms with Crippen LogP contribution < -0.4 is 5.32 Å². The van der Waals surface area contributed by atoms with Gasteiger partial charge >= 0.3 is 0 Å². The molecule has 2 aromatic carbocycles. The number of likely N-dealkylation sites (tertiary alicyclic amines) is 1. The zero-order chi connectivity index (χ0) is 21.8. The molecule has 2 aliphatic rings. The minimum Gasteiger partial charge on any atom is -0.359 e. The minimum absolute atomic E-state index is 0.0465. The Morgan fingerprint density at radius 2 is 1.71 bits per heavy atom. The zero-order valence-corrected chi connectivity index (χ0v) is 18.2. The van der Waals surface area contributed by atoms with E-state index >= 15 is 0 Å². The van der Waals surface area contributed by atoms with Crippen LogP contribution in [0.4, 0.5) is 4.39 Å². The van der Waals surface area contributed by atoms with E-state index in [2.05, 4.69) is 5.32 Å². The molecular formula is C26H31FN2O2. The van der Waals surface area contributed by atoms with E-state index in [4.69, 9.17) is 0 Å². The first-order valence-corrected chi connectivity index (χ1v) is 11.4. The number of hydrogen-bond donors (Lipinski definition) is 1. The van der Waals surface area contributed by atoms with E-state index in [1.165, 1.54) is 12.5 Å². The third-order valence-electron chi connectivity index (χ3n) is 7.04. The van der Waals surface area contributed by atoms with Gasteiger partial charge in [-0.05, 0) is 42.9 Å². The highest BCUT2D eigenvalue weighted by Gasteiger charge is 2.46. The quantitative estimate of drug-likeness (QED) is 0.767. The molecule has 31 heavy (non-hydrogen) atoms. The minimum atomic E-state index is -0.694. The second kappa shape index (κ2) is 9.21. The number of amides is 2. The normalized spacial score (nSPS) is 21.8.